The molecule has 5 unspecified atom stereocenters. The van der Waals surface area contributed by atoms with Crippen molar-refractivity contribution in [2.45, 2.75) is 30.7 Å². The summed E-state index contributed by atoms with van der Waals surface area (Å²) in [5.74, 6) is -5.33. The highest BCUT2D eigenvalue weighted by Gasteiger charge is 2.46. The van der Waals surface area contributed by atoms with Crippen LogP contribution in [0.15, 0.2) is 59.0 Å². The molecule has 1 aliphatic heterocycles. The zero-order chi connectivity index (χ0) is 32.6. The van der Waals surface area contributed by atoms with E-state index in [1.165, 1.54) is 30.3 Å². The Labute approximate surface area is 252 Å². The van der Waals surface area contributed by atoms with Gasteiger partial charge in [-0.2, -0.15) is 0 Å². The smallest absolute Gasteiger partial charge is 0.402 e. The molecule has 0 radical (unpaired) electrons. The molecular formula is C30H27O15+. The molecule has 1 aromatic heterocycles. The van der Waals surface area contributed by atoms with Crippen LogP contribution >= 0.6 is 0 Å². The lowest BCUT2D eigenvalue weighted by Gasteiger charge is -2.39. The van der Waals surface area contributed by atoms with Crippen molar-refractivity contribution in [2.24, 2.45) is 0 Å². The number of aromatic hydroxyl groups is 7. The van der Waals surface area contributed by atoms with Crippen LogP contribution in [-0.2, 0) is 14.3 Å². The van der Waals surface area contributed by atoms with Gasteiger partial charge in [0.25, 0.3) is 0 Å². The normalized spacial score (nSPS) is 21.6. The van der Waals surface area contributed by atoms with Gasteiger partial charge in [0, 0.05) is 30.3 Å². The Morgan fingerprint density at radius 2 is 1.51 bits per heavy atom. The largest absolute Gasteiger partial charge is 0.507 e. The molecule has 10 N–H and O–H groups in total. The van der Waals surface area contributed by atoms with Gasteiger partial charge in [-0.1, -0.05) is 6.07 Å². The first-order valence-electron chi connectivity index (χ1n) is 13.1. The number of carbonyl (C=O) groups is 1. The third-order valence-electron chi connectivity index (χ3n) is 6.86. The number of hydrogen-bond donors (Lipinski definition) is 10. The highest BCUT2D eigenvalue weighted by atomic mass is 16.7. The third-order valence-corrected chi connectivity index (χ3v) is 6.86. The van der Waals surface area contributed by atoms with E-state index in [0.717, 1.165) is 30.3 Å². The minimum Gasteiger partial charge on any atom is -0.507 e. The maximum Gasteiger partial charge on any atom is 0.402 e. The number of fused-ring (bicyclic) bond motifs is 1. The summed E-state index contributed by atoms with van der Waals surface area (Å²) in [6, 6.07) is 9.20. The number of ether oxygens (including phenoxy) is 3. The molecule has 3 aromatic carbocycles. The van der Waals surface area contributed by atoms with Crippen LogP contribution in [0.3, 0.4) is 0 Å². The Morgan fingerprint density at radius 3 is 2.20 bits per heavy atom. The molecule has 236 valence electrons. The molecule has 0 spiro atoms. The van der Waals surface area contributed by atoms with Gasteiger partial charge < -0.3 is 65.3 Å². The zero-order valence-corrected chi connectivity index (χ0v) is 22.9. The molecule has 5 atom stereocenters. The predicted molar refractivity (Wildman–Crippen MR) is 151 cm³/mol. The lowest BCUT2D eigenvalue weighted by molar-refractivity contribution is -0.278. The van der Waals surface area contributed by atoms with Gasteiger partial charge in [0.2, 0.25) is 12.0 Å². The average molecular weight is 628 g/mol. The minimum atomic E-state index is -1.88. The molecule has 0 bridgehead atoms. The van der Waals surface area contributed by atoms with E-state index in [-0.39, 0.29) is 39.5 Å². The molecule has 5 rings (SSSR count). The fourth-order valence-electron chi connectivity index (χ4n) is 4.51. The summed E-state index contributed by atoms with van der Waals surface area (Å²) in [7, 11) is 0. The van der Waals surface area contributed by atoms with Crippen LogP contribution in [-0.4, -0.2) is 94.3 Å². The second kappa shape index (κ2) is 12.3. The number of rotatable bonds is 7. The molecular weight excluding hydrogens is 600 g/mol. The van der Waals surface area contributed by atoms with Crippen LogP contribution in [0.2, 0.25) is 0 Å². The number of aliphatic hydroxyl groups excluding tert-OH is 3. The fourth-order valence-corrected chi connectivity index (χ4v) is 4.51. The maximum absolute atomic E-state index is 12.3. The predicted octanol–water partition coefficient (Wildman–Crippen LogP) is 1.76. The van der Waals surface area contributed by atoms with Crippen LogP contribution in [0, 0.1) is 0 Å². The molecule has 1 saturated heterocycles. The van der Waals surface area contributed by atoms with Crippen LogP contribution in [0.25, 0.3) is 28.4 Å². The van der Waals surface area contributed by atoms with Crippen molar-refractivity contribution in [2.75, 3.05) is 6.61 Å². The molecule has 0 saturated carbocycles. The van der Waals surface area contributed by atoms with E-state index in [0.29, 0.717) is 5.56 Å². The molecule has 0 amide bonds. The number of phenols is 7. The van der Waals surface area contributed by atoms with Crippen molar-refractivity contribution in [3.8, 4) is 57.3 Å². The van der Waals surface area contributed by atoms with Gasteiger partial charge in [0.15, 0.2) is 28.7 Å². The number of carbonyl (C=O) groups excluding carboxylic acids is 1. The Balaban J connectivity index is 1.41. The monoisotopic (exact) mass is 627 g/mol. The molecule has 0 aliphatic carbocycles. The fraction of sp³-hybridized carbons (Fsp3) is 0.200. The van der Waals surface area contributed by atoms with Gasteiger partial charge in [-0.3, -0.25) is 0 Å². The SMILES string of the molecule is O=C(C=Cc1ccc(O)c(O)c1)OCC1OC(Oc2cc3c(O)cc(O)cc3[o+]c2-c2cc(O)c(O)c(O)c2)C(O)C(O)C1O. The van der Waals surface area contributed by atoms with E-state index in [9.17, 15) is 55.9 Å². The van der Waals surface area contributed by atoms with Gasteiger partial charge in [-0.15, -0.1) is 0 Å². The topological polar surface area (TPSA) is 258 Å². The Hall–Kier alpha value is -5.48. The average Bonchev–Trinajstić information content (AvgIpc) is 2.99. The van der Waals surface area contributed by atoms with E-state index in [4.69, 9.17) is 18.6 Å². The van der Waals surface area contributed by atoms with Gasteiger partial charge in [0.05, 0.1) is 11.6 Å². The van der Waals surface area contributed by atoms with Gasteiger partial charge >= 0.3 is 17.3 Å². The number of hydrogen-bond acceptors (Lipinski definition) is 14. The minimum absolute atomic E-state index is 0.00358. The number of esters is 1. The second-order valence-electron chi connectivity index (χ2n) is 10.0. The Kier molecular flexibility index (Phi) is 8.43. The van der Waals surface area contributed by atoms with Crippen LogP contribution < -0.4 is 4.74 Å². The number of benzene rings is 3. The zero-order valence-electron chi connectivity index (χ0n) is 22.9. The van der Waals surface area contributed by atoms with E-state index in [1.54, 1.807) is 0 Å². The van der Waals surface area contributed by atoms with Crippen LogP contribution in [0.1, 0.15) is 5.56 Å². The first kappa shape index (κ1) is 31.0. The van der Waals surface area contributed by atoms with E-state index >= 15 is 0 Å². The third kappa shape index (κ3) is 6.41. The molecule has 2 heterocycles. The molecule has 15 heteroatoms. The molecule has 1 fully saturated rings. The van der Waals surface area contributed by atoms with Crippen molar-refractivity contribution in [1.29, 1.82) is 0 Å². The lowest BCUT2D eigenvalue weighted by atomic mass is 9.99. The highest BCUT2D eigenvalue weighted by molar-refractivity contribution is 5.89. The summed E-state index contributed by atoms with van der Waals surface area (Å²) >= 11 is 0. The first-order valence-corrected chi connectivity index (χ1v) is 13.1. The molecule has 15 nitrogen and oxygen atoms in total. The van der Waals surface area contributed by atoms with Crippen molar-refractivity contribution in [3.63, 3.8) is 0 Å². The van der Waals surface area contributed by atoms with Crippen LogP contribution in [0.4, 0.5) is 0 Å². The number of phenolic OH excluding ortho intramolecular Hbond substituents is 7. The summed E-state index contributed by atoms with van der Waals surface area (Å²) in [6.45, 7) is -0.621. The second-order valence-corrected chi connectivity index (χ2v) is 10.0. The Morgan fingerprint density at radius 1 is 0.800 bits per heavy atom. The van der Waals surface area contributed by atoms with Crippen molar-refractivity contribution < 1.29 is 74.5 Å². The molecule has 45 heavy (non-hydrogen) atoms. The standard InChI is InChI=1S/C30H26O15/c31-14-8-17(33)15-10-22(29(43-21(15)9-14)13-6-19(35)25(38)20(36)7-13)44-30-28(41)27(40)26(39)23(45-30)11-42-24(37)4-2-12-1-3-16(32)18(34)5-12/h1-10,23,26-28,30,39-41H,11H2,(H6-,31,32,33,34,35,36,37,38)/p+1. The van der Waals surface area contributed by atoms with E-state index in [2.05, 4.69) is 0 Å². The van der Waals surface area contributed by atoms with Gasteiger partial charge in [-0.05, 0) is 23.8 Å². The summed E-state index contributed by atoms with van der Waals surface area (Å²) in [5, 5.41) is 101. The van der Waals surface area contributed by atoms with Crippen molar-refractivity contribution in [1.82, 2.24) is 0 Å². The highest BCUT2D eigenvalue weighted by Crippen LogP contribution is 2.45. The summed E-state index contributed by atoms with van der Waals surface area (Å²) in [4.78, 5) is 12.3. The summed E-state index contributed by atoms with van der Waals surface area (Å²) in [5.41, 5.74) is 0.201. The maximum atomic E-state index is 12.3. The van der Waals surface area contributed by atoms with Gasteiger partial charge in [-0.25, -0.2) is 9.21 Å². The number of aliphatic hydroxyl groups is 3. The van der Waals surface area contributed by atoms with Crippen LogP contribution in [0.5, 0.6) is 46.0 Å². The van der Waals surface area contributed by atoms with E-state index in [1.807, 2.05) is 0 Å². The Bertz CT molecular complexity index is 1760. The summed E-state index contributed by atoms with van der Waals surface area (Å²) < 4.78 is 22.3. The first-order chi connectivity index (χ1) is 21.3. The lowest BCUT2D eigenvalue weighted by Crippen LogP contribution is -2.60. The van der Waals surface area contributed by atoms with Gasteiger partial charge in [0.1, 0.15) is 47.9 Å². The van der Waals surface area contributed by atoms with E-state index < -0.39 is 72.0 Å². The molecule has 1 aliphatic rings. The summed E-state index contributed by atoms with van der Waals surface area (Å²) in [6.07, 6.45) is -6.41. The molecule has 4 aromatic rings. The quantitative estimate of drug-likeness (QED) is 0.0606. The van der Waals surface area contributed by atoms with Crippen molar-refractivity contribution >= 4 is 23.0 Å². The van der Waals surface area contributed by atoms with Crippen molar-refractivity contribution in [3.05, 3.63) is 60.2 Å².